The molecular weight excluding hydrogens is 334 g/mol. The minimum Gasteiger partial charge on any atom is -0.466 e. The van der Waals surface area contributed by atoms with E-state index in [2.05, 4.69) is 9.97 Å². The van der Waals surface area contributed by atoms with Gasteiger partial charge in [-0.05, 0) is 37.3 Å². The number of aromatic nitrogens is 2. The number of carbonyl (C=O) groups is 2. The van der Waals surface area contributed by atoms with E-state index in [1.54, 1.807) is 42.4 Å². The van der Waals surface area contributed by atoms with Gasteiger partial charge in [-0.1, -0.05) is 0 Å². The molecule has 4 rings (SSSR count). The quantitative estimate of drug-likeness (QED) is 0.672. The molecule has 7 heteroatoms. The lowest BCUT2D eigenvalue weighted by Gasteiger charge is -2.16. The lowest BCUT2D eigenvalue weighted by atomic mass is 10.1. The van der Waals surface area contributed by atoms with Crippen LogP contribution in [-0.2, 0) is 14.3 Å². The third kappa shape index (κ3) is 2.92. The normalized spacial score (nSPS) is 17.0. The number of rotatable bonds is 4. The van der Waals surface area contributed by atoms with Crippen LogP contribution in [0, 0.1) is 5.92 Å². The Labute approximate surface area is 149 Å². The van der Waals surface area contributed by atoms with Gasteiger partial charge < -0.3 is 14.1 Å². The van der Waals surface area contributed by atoms with Crippen molar-refractivity contribution < 1.29 is 18.7 Å². The highest BCUT2D eigenvalue weighted by Crippen LogP contribution is 2.30. The van der Waals surface area contributed by atoms with Gasteiger partial charge in [-0.3, -0.25) is 14.6 Å². The van der Waals surface area contributed by atoms with Crippen LogP contribution in [0.3, 0.4) is 0 Å². The van der Waals surface area contributed by atoms with Gasteiger partial charge in [0.15, 0.2) is 5.58 Å². The molecule has 26 heavy (non-hydrogen) atoms. The van der Waals surface area contributed by atoms with E-state index in [9.17, 15) is 9.59 Å². The maximum absolute atomic E-state index is 12.3. The fourth-order valence-electron chi connectivity index (χ4n) is 3.07. The van der Waals surface area contributed by atoms with Crippen LogP contribution in [0.2, 0.25) is 0 Å². The second-order valence-electron chi connectivity index (χ2n) is 6.07. The van der Waals surface area contributed by atoms with Crippen molar-refractivity contribution in [3.63, 3.8) is 0 Å². The number of carbonyl (C=O) groups excluding carboxylic acids is 2. The molecule has 1 aliphatic heterocycles. The lowest BCUT2D eigenvalue weighted by molar-refractivity contribution is -0.147. The molecule has 7 nitrogen and oxygen atoms in total. The van der Waals surface area contributed by atoms with Gasteiger partial charge in [0.25, 0.3) is 0 Å². The van der Waals surface area contributed by atoms with Crippen molar-refractivity contribution in [1.82, 2.24) is 9.97 Å². The number of amides is 1. The number of fused-ring (bicyclic) bond motifs is 1. The van der Waals surface area contributed by atoms with Crippen molar-refractivity contribution in [2.45, 2.75) is 13.3 Å². The monoisotopic (exact) mass is 351 g/mol. The van der Waals surface area contributed by atoms with Crippen molar-refractivity contribution in [2.75, 3.05) is 18.1 Å². The molecule has 0 saturated carbocycles. The number of esters is 1. The van der Waals surface area contributed by atoms with Crippen molar-refractivity contribution in [1.29, 1.82) is 0 Å². The van der Waals surface area contributed by atoms with E-state index < -0.39 is 5.92 Å². The summed E-state index contributed by atoms with van der Waals surface area (Å²) in [5.41, 5.74) is 2.75. The number of hydrogen-bond acceptors (Lipinski definition) is 6. The third-order valence-electron chi connectivity index (χ3n) is 4.34. The SMILES string of the molecule is CCOC(=O)C1CC(=O)N(c2ccc3oc(-c4cccnc4)nc3c2)C1. The lowest BCUT2D eigenvalue weighted by Crippen LogP contribution is -2.26. The van der Waals surface area contributed by atoms with Crippen molar-refractivity contribution in [2.24, 2.45) is 5.92 Å². The molecule has 1 unspecified atom stereocenters. The fourth-order valence-corrected chi connectivity index (χ4v) is 3.07. The van der Waals surface area contributed by atoms with Crippen molar-refractivity contribution in [3.05, 3.63) is 42.7 Å². The Morgan fingerprint density at radius 2 is 2.27 bits per heavy atom. The van der Waals surface area contributed by atoms with E-state index in [1.165, 1.54) is 0 Å². The highest BCUT2D eigenvalue weighted by atomic mass is 16.5. The molecule has 0 radical (unpaired) electrons. The first-order chi connectivity index (χ1) is 12.7. The van der Waals surface area contributed by atoms with E-state index in [4.69, 9.17) is 9.15 Å². The van der Waals surface area contributed by atoms with Gasteiger partial charge in [0.1, 0.15) is 5.52 Å². The molecule has 1 amide bonds. The molecule has 1 saturated heterocycles. The molecule has 1 fully saturated rings. The number of hydrogen-bond donors (Lipinski definition) is 0. The number of anilines is 1. The average molecular weight is 351 g/mol. The Hall–Kier alpha value is -3.22. The van der Waals surface area contributed by atoms with Crippen LogP contribution in [0.4, 0.5) is 5.69 Å². The maximum atomic E-state index is 12.3. The number of oxazole rings is 1. The molecule has 1 aliphatic rings. The minimum absolute atomic E-state index is 0.0987. The molecule has 0 N–H and O–H groups in total. The number of pyridine rings is 1. The second kappa shape index (κ2) is 6.59. The Kier molecular flexibility index (Phi) is 4.12. The fraction of sp³-hybridized carbons (Fsp3) is 0.263. The first kappa shape index (κ1) is 16.3. The molecule has 3 aromatic rings. The van der Waals surface area contributed by atoms with E-state index in [1.807, 2.05) is 12.1 Å². The van der Waals surface area contributed by atoms with Crippen LogP contribution in [0.15, 0.2) is 47.1 Å². The molecule has 0 bridgehead atoms. The van der Waals surface area contributed by atoms with E-state index in [-0.39, 0.29) is 18.3 Å². The van der Waals surface area contributed by atoms with Gasteiger partial charge in [0, 0.05) is 31.0 Å². The number of nitrogens with zero attached hydrogens (tertiary/aromatic N) is 3. The Morgan fingerprint density at radius 3 is 3.04 bits per heavy atom. The van der Waals surface area contributed by atoms with Gasteiger partial charge >= 0.3 is 5.97 Å². The molecule has 0 spiro atoms. The van der Waals surface area contributed by atoms with Crippen LogP contribution in [0.5, 0.6) is 0 Å². The number of benzene rings is 1. The van der Waals surface area contributed by atoms with E-state index >= 15 is 0 Å². The summed E-state index contributed by atoms with van der Waals surface area (Å²) in [5, 5.41) is 0. The highest BCUT2D eigenvalue weighted by molar-refractivity contribution is 6.00. The molecular formula is C19H17N3O4. The van der Waals surface area contributed by atoms with E-state index in [0.29, 0.717) is 35.8 Å². The van der Waals surface area contributed by atoms with Gasteiger partial charge in [0.05, 0.1) is 18.1 Å². The standard InChI is InChI=1S/C19H17N3O4/c1-2-25-19(24)13-8-17(23)22(11-13)14-5-6-16-15(9-14)21-18(26-16)12-4-3-7-20-10-12/h3-7,9-10,13H,2,8,11H2,1H3. The van der Waals surface area contributed by atoms with Gasteiger partial charge in [0.2, 0.25) is 11.8 Å². The molecule has 3 heterocycles. The highest BCUT2D eigenvalue weighted by Gasteiger charge is 2.36. The van der Waals surface area contributed by atoms with Crippen LogP contribution in [-0.4, -0.2) is 35.0 Å². The van der Waals surface area contributed by atoms with E-state index in [0.717, 1.165) is 5.56 Å². The largest absolute Gasteiger partial charge is 0.466 e. The summed E-state index contributed by atoms with van der Waals surface area (Å²) in [4.78, 5) is 34.4. The smallest absolute Gasteiger partial charge is 0.311 e. The van der Waals surface area contributed by atoms with Crippen LogP contribution in [0.1, 0.15) is 13.3 Å². The Morgan fingerprint density at radius 1 is 1.38 bits per heavy atom. The van der Waals surface area contributed by atoms with Gasteiger partial charge in [-0.25, -0.2) is 4.98 Å². The Balaban J connectivity index is 1.61. The summed E-state index contributed by atoms with van der Waals surface area (Å²) in [6.07, 6.45) is 3.53. The summed E-state index contributed by atoms with van der Waals surface area (Å²) in [6, 6.07) is 9.05. The zero-order valence-corrected chi connectivity index (χ0v) is 14.2. The zero-order valence-electron chi connectivity index (χ0n) is 14.2. The molecule has 0 aliphatic carbocycles. The predicted octanol–water partition coefficient (Wildman–Crippen LogP) is 2.81. The third-order valence-corrected chi connectivity index (χ3v) is 4.34. The van der Waals surface area contributed by atoms with Crippen molar-refractivity contribution in [3.8, 4) is 11.5 Å². The van der Waals surface area contributed by atoms with Crippen molar-refractivity contribution >= 4 is 28.7 Å². The summed E-state index contributed by atoms with van der Waals surface area (Å²) in [5.74, 6) is -0.382. The summed E-state index contributed by atoms with van der Waals surface area (Å²) < 4.78 is 10.8. The maximum Gasteiger partial charge on any atom is 0.311 e. The molecule has 132 valence electrons. The topological polar surface area (TPSA) is 85.5 Å². The van der Waals surface area contributed by atoms with Crippen LogP contribution < -0.4 is 4.90 Å². The van der Waals surface area contributed by atoms with Gasteiger partial charge in [-0.15, -0.1) is 0 Å². The van der Waals surface area contributed by atoms with Gasteiger partial charge in [-0.2, -0.15) is 0 Å². The molecule has 1 aromatic carbocycles. The predicted molar refractivity (Wildman–Crippen MR) is 94.3 cm³/mol. The first-order valence-electron chi connectivity index (χ1n) is 8.43. The summed E-state index contributed by atoms with van der Waals surface area (Å²) in [7, 11) is 0. The molecule has 2 aromatic heterocycles. The Bertz CT molecular complexity index is 967. The van der Waals surface area contributed by atoms with Crippen LogP contribution in [0.25, 0.3) is 22.6 Å². The summed E-state index contributed by atoms with van der Waals surface area (Å²) >= 11 is 0. The first-order valence-corrected chi connectivity index (χ1v) is 8.43. The minimum atomic E-state index is -0.429. The second-order valence-corrected chi connectivity index (χ2v) is 6.07. The van der Waals surface area contributed by atoms with Crippen LogP contribution >= 0.6 is 0 Å². The summed E-state index contributed by atoms with van der Waals surface area (Å²) in [6.45, 7) is 2.38. The zero-order chi connectivity index (χ0) is 18.1. The number of ether oxygens (including phenoxy) is 1. The average Bonchev–Trinajstić information content (AvgIpc) is 3.25. The molecule has 1 atom stereocenters.